The minimum atomic E-state index is -0.744. The summed E-state index contributed by atoms with van der Waals surface area (Å²) in [7, 11) is 1.76. The molecular weight excluding hydrogens is 332 g/mol. The number of amides is 2. The van der Waals surface area contributed by atoms with Crippen molar-refractivity contribution < 1.29 is 19.5 Å². The predicted molar refractivity (Wildman–Crippen MR) is 96.2 cm³/mol. The Bertz CT molecular complexity index is 668. The van der Waals surface area contributed by atoms with Crippen molar-refractivity contribution in [3.63, 3.8) is 0 Å². The van der Waals surface area contributed by atoms with Crippen molar-refractivity contribution in [2.45, 2.75) is 50.6 Å². The van der Waals surface area contributed by atoms with Crippen molar-refractivity contribution in [1.82, 2.24) is 10.2 Å². The molecule has 1 saturated heterocycles. The van der Waals surface area contributed by atoms with Crippen molar-refractivity contribution in [2.75, 3.05) is 7.05 Å². The molecule has 1 aromatic carbocycles. The molecule has 2 aliphatic rings. The summed E-state index contributed by atoms with van der Waals surface area (Å²) in [5.41, 5.74) is 0.970. The minimum Gasteiger partial charge on any atom is -0.481 e. The van der Waals surface area contributed by atoms with Crippen LogP contribution in [0, 0.1) is 11.8 Å². The van der Waals surface area contributed by atoms with Gasteiger partial charge in [-0.2, -0.15) is 0 Å². The highest BCUT2D eigenvalue weighted by Gasteiger charge is 2.39. The van der Waals surface area contributed by atoms with E-state index in [0.29, 0.717) is 38.5 Å². The summed E-state index contributed by atoms with van der Waals surface area (Å²) >= 11 is 0. The van der Waals surface area contributed by atoms with E-state index in [1.807, 2.05) is 30.3 Å². The monoisotopic (exact) mass is 358 g/mol. The van der Waals surface area contributed by atoms with Gasteiger partial charge >= 0.3 is 5.97 Å². The number of carboxylic acids is 1. The largest absolute Gasteiger partial charge is 0.481 e. The third-order valence-electron chi connectivity index (χ3n) is 5.76. The molecule has 26 heavy (non-hydrogen) atoms. The van der Waals surface area contributed by atoms with Gasteiger partial charge in [0.2, 0.25) is 11.8 Å². The molecule has 1 heterocycles. The van der Waals surface area contributed by atoms with Crippen molar-refractivity contribution in [2.24, 2.45) is 11.8 Å². The average Bonchev–Trinajstić information content (AvgIpc) is 2.65. The second-order valence-electron chi connectivity index (χ2n) is 7.40. The summed E-state index contributed by atoms with van der Waals surface area (Å²) < 4.78 is 0. The molecule has 2 amide bonds. The van der Waals surface area contributed by atoms with E-state index >= 15 is 0 Å². The highest BCUT2D eigenvalue weighted by atomic mass is 16.4. The molecular formula is C20H26N2O4. The summed E-state index contributed by atoms with van der Waals surface area (Å²) in [5, 5.41) is 12.2. The Balaban J connectivity index is 1.69. The standard InChI is InChI=1S/C20H26N2O4/c1-22-17(23)12-11-16(18(22)13-5-3-2-4-6-13)19(24)21-15-9-7-14(8-10-15)20(25)26/h2-6,14-16,18H,7-12H2,1H3,(H,21,24)(H,25,26). The Labute approximate surface area is 153 Å². The number of nitrogens with one attached hydrogen (secondary N) is 1. The first-order valence-corrected chi connectivity index (χ1v) is 9.31. The lowest BCUT2D eigenvalue weighted by Crippen LogP contribution is -2.49. The van der Waals surface area contributed by atoms with Crippen LogP contribution in [-0.2, 0) is 14.4 Å². The Morgan fingerprint density at radius 2 is 1.73 bits per heavy atom. The van der Waals surface area contributed by atoms with E-state index in [1.54, 1.807) is 11.9 Å². The fourth-order valence-corrected chi connectivity index (χ4v) is 4.21. The maximum atomic E-state index is 13.0. The molecule has 0 spiro atoms. The van der Waals surface area contributed by atoms with E-state index in [-0.39, 0.29) is 35.7 Å². The number of likely N-dealkylation sites (tertiary alicyclic amines) is 1. The van der Waals surface area contributed by atoms with Crippen molar-refractivity contribution >= 4 is 17.8 Å². The second-order valence-corrected chi connectivity index (χ2v) is 7.40. The van der Waals surface area contributed by atoms with Gasteiger partial charge in [-0.25, -0.2) is 0 Å². The second kappa shape index (κ2) is 7.89. The van der Waals surface area contributed by atoms with Crippen LogP contribution >= 0.6 is 0 Å². The third-order valence-corrected chi connectivity index (χ3v) is 5.76. The molecule has 6 nitrogen and oxygen atoms in total. The van der Waals surface area contributed by atoms with Gasteiger partial charge in [-0.15, -0.1) is 0 Å². The van der Waals surface area contributed by atoms with Crippen LogP contribution in [0.1, 0.15) is 50.1 Å². The summed E-state index contributed by atoms with van der Waals surface area (Å²) in [6.07, 6.45) is 3.51. The van der Waals surface area contributed by atoms with Crippen LogP contribution in [-0.4, -0.2) is 40.9 Å². The highest BCUT2D eigenvalue weighted by Crippen LogP contribution is 2.36. The number of piperidine rings is 1. The number of aliphatic carboxylic acids is 1. The first-order chi connectivity index (χ1) is 12.5. The van der Waals surface area contributed by atoms with Gasteiger partial charge in [0.15, 0.2) is 0 Å². The van der Waals surface area contributed by atoms with Crippen LogP contribution in [0.15, 0.2) is 30.3 Å². The molecule has 0 radical (unpaired) electrons. The maximum absolute atomic E-state index is 13.0. The zero-order valence-electron chi connectivity index (χ0n) is 15.1. The molecule has 2 N–H and O–H groups in total. The topological polar surface area (TPSA) is 86.7 Å². The van der Waals surface area contributed by atoms with Crippen LogP contribution in [0.25, 0.3) is 0 Å². The van der Waals surface area contributed by atoms with E-state index < -0.39 is 5.97 Å². The van der Waals surface area contributed by atoms with Crippen molar-refractivity contribution in [1.29, 1.82) is 0 Å². The first kappa shape index (κ1) is 18.4. The molecule has 2 atom stereocenters. The molecule has 6 heteroatoms. The summed E-state index contributed by atoms with van der Waals surface area (Å²) in [5.74, 6) is -1.29. The number of carboxylic acid groups (broad SMARTS) is 1. The SMILES string of the molecule is CN1C(=O)CCC(C(=O)NC2CCC(C(=O)O)CC2)C1c1ccccc1. The van der Waals surface area contributed by atoms with E-state index in [0.717, 1.165) is 5.56 Å². The number of nitrogens with zero attached hydrogens (tertiary/aromatic N) is 1. The van der Waals surface area contributed by atoms with Gasteiger partial charge < -0.3 is 15.3 Å². The fraction of sp³-hybridized carbons (Fsp3) is 0.550. The van der Waals surface area contributed by atoms with Gasteiger partial charge in [-0.05, 0) is 37.7 Å². The number of benzene rings is 1. The minimum absolute atomic E-state index is 0.0254. The van der Waals surface area contributed by atoms with E-state index in [9.17, 15) is 14.4 Å². The number of hydrogen-bond donors (Lipinski definition) is 2. The Morgan fingerprint density at radius 3 is 2.35 bits per heavy atom. The van der Waals surface area contributed by atoms with Crippen LogP contribution in [0.4, 0.5) is 0 Å². The molecule has 1 aliphatic carbocycles. The van der Waals surface area contributed by atoms with E-state index in [4.69, 9.17) is 5.11 Å². The molecule has 1 aromatic rings. The van der Waals surface area contributed by atoms with Gasteiger partial charge in [-0.3, -0.25) is 14.4 Å². The average molecular weight is 358 g/mol. The number of carbonyl (C=O) groups excluding carboxylic acids is 2. The van der Waals surface area contributed by atoms with Gasteiger partial charge in [-0.1, -0.05) is 30.3 Å². The van der Waals surface area contributed by atoms with Crippen LogP contribution in [0.2, 0.25) is 0 Å². The van der Waals surface area contributed by atoms with Crippen LogP contribution < -0.4 is 5.32 Å². The zero-order chi connectivity index (χ0) is 18.7. The van der Waals surface area contributed by atoms with Crippen molar-refractivity contribution in [3.05, 3.63) is 35.9 Å². The highest BCUT2D eigenvalue weighted by molar-refractivity contribution is 5.85. The van der Waals surface area contributed by atoms with Gasteiger partial charge in [0.05, 0.1) is 17.9 Å². The Kier molecular flexibility index (Phi) is 5.59. The van der Waals surface area contributed by atoms with Gasteiger partial charge in [0.25, 0.3) is 0 Å². The van der Waals surface area contributed by atoms with Crippen molar-refractivity contribution in [3.8, 4) is 0 Å². The van der Waals surface area contributed by atoms with Gasteiger partial charge in [0.1, 0.15) is 0 Å². The first-order valence-electron chi connectivity index (χ1n) is 9.31. The predicted octanol–water partition coefficient (Wildman–Crippen LogP) is 2.36. The van der Waals surface area contributed by atoms with E-state index in [1.165, 1.54) is 0 Å². The molecule has 3 rings (SSSR count). The molecule has 2 unspecified atom stereocenters. The third kappa shape index (κ3) is 3.89. The molecule has 0 aromatic heterocycles. The van der Waals surface area contributed by atoms with Crippen LogP contribution in [0.5, 0.6) is 0 Å². The lowest BCUT2D eigenvalue weighted by Gasteiger charge is -2.39. The van der Waals surface area contributed by atoms with Crippen LogP contribution in [0.3, 0.4) is 0 Å². The zero-order valence-corrected chi connectivity index (χ0v) is 15.1. The molecule has 0 bridgehead atoms. The Hall–Kier alpha value is -2.37. The molecule has 2 fully saturated rings. The lowest BCUT2D eigenvalue weighted by molar-refractivity contribution is -0.142. The summed E-state index contributed by atoms with van der Waals surface area (Å²) in [6.45, 7) is 0. The van der Waals surface area contributed by atoms with Gasteiger partial charge in [0, 0.05) is 19.5 Å². The summed E-state index contributed by atoms with van der Waals surface area (Å²) in [6, 6.07) is 9.44. The fourth-order valence-electron chi connectivity index (χ4n) is 4.21. The van der Waals surface area contributed by atoms with E-state index in [2.05, 4.69) is 5.32 Å². The molecule has 140 valence electrons. The maximum Gasteiger partial charge on any atom is 0.306 e. The normalized spacial score (nSPS) is 29.3. The summed E-state index contributed by atoms with van der Waals surface area (Å²) in [4.78, 5) is 37.9. The lowest BCUT2D eigenvalue weighted by atomic mass is 9.82. The number of hydrogen-bond acceptors (Lipinski definition) is 3. The Morgan fingerprint density at radius 1 is 1.08 bits per heavy atom. The number of carbonyl (C=O) groups is 3. The molecule has 1 aliphatic heterocycles. The molecule has 1 saturated carbocycles. The smallest absolute Gasteiger partial charge is 0.306 e. The number of rotatable bonds is 4. The quantitative estimate of drug-likeness (QED) is 0.865.